The number of carbonyl (C=O) groups is 3. The number of benzene rings is 3. The number of thioether (sulfide) groups is 1. The fourth-order valence-electron chi connectivity index (χ4n) is 8.25. The average Bonchev–Trinajstić information content (AvgIpc) is 3.80. The summed E-state index contributed by atoms with van der Waals surface area (Å²) in [5.74, 6) is -1.94. The number of rotatable bonds is 7. The fraction of sp³-hybridized carbons (Fsp3) is 0.294. The molecule has 7 atom stereocenters. The Labute approximate surface area is 276 Å². The molecule has 2 aliphatic carbocycles. The number of aromatic nitrogens is 1. The summed E-state index contributed by atoms with van der Waals surface area (Å²) in [6.07, 6.45) is 0.709. The van der Waals surface area contributed by atoms with Crippen molar-refractivity contribution in [3.63, 3.8) is 0 Å². The molecule has 3 amide bonds. The number of nitro groups is 1. The number of carbonyl (C=O) groups excluding carboxylic acids is 3. The number of nitrogens with zero attached hydrogens (tertiary/aromatic N) is 2. The van der Waals surface area contributed by atoms with Crippen molar-refractivity contribution in [1.82, 2.24) is 4.98 Å². The molecule has 3 heterocycles. The molecule has 0 unspecified atom stereocenters. The quantitative estimate of drug-likeness (QED) is 0.152. The number of hydrogen-bond donors (Lipinski definition) is 2. The van der Waals surface area contributed by atoms with E-state index in [4.69, 9.17) is 4.74 Å². The smallest absolute Gasteiger partial charge is 0.305 e. The number of fused-ring (bicyclic) bond motifs is 9. The van der Waals surface area contributed by atoms with E-state index >= 15 is 0 Å². The Balaban J connectivity index is 1.12. The van der Waals surface area contributed by atoms with Gasteiger partial charge >= 0.3 is 4.87 Å². The topological polar surface area (TPSA) is 152 Å². The largest absolute Gasteiger partial charge is 0.483 e. The van der Waals surface area contributed by atoms with E-state index in [1.165, 1.54) is 29.2 Å². The molecule has 2 aliphatic heterocycles. The summed E-state index contributed by atoms with van der Waals surface area (Å²) in [6.45, 7) is 1.70. The number of imide groups is 1. The van der Waals surface area contributed by atoms with E-state index in [1.54, 1.807) is 11.8 Å². The third kappa shape index (κ3) is 4.70. The number of H-pyrrole nitrogens is 1. The molecule has 3 aromatic carbocycles. The lowest BCUT2D eigenvalue weighted by molar-refractivity contribution is -0.384. The summed E-state index contributed by atoms with van der Waals surface area (Å²) in [5.41, 5.74) is 2.68. The van der Waals surface area contributed by atoms with Gasteiger partial charge in [0.05, 0.1) is 27.5 Å². The highest BCUT2D eigenvalue weighted by Gasteiger charge is 2.69. The Morgan fingerprint density at radius 2 is 1.70 bits per heavy atom. The van der Waals surface area contributed by atoms with Crippen LogP contribution in [-0.2, 0) is 14.4 Å². The maximum atomic E-state index is 14.0. The van der Waals surface area contributed by atoms with Gasteiger partial charge in [0.25, 0.3) is 11.6 Å². The van der Waals surface area contributed by atoms with Gasteiger partial charge in [-0.1, -0.05) is 47.7 Å². The molecule has 1 aromatic heterocycles. The highest BCUT2D eigenvalue weighted by molar-refractivity contribution is 8.00. The van der Waals surface area contributed by atoms with Crippen LogP contribution in [-0.4, -0.2) is 39.5 Å². The fourth-order valence-corrected chi connectivity index (χ4v) is 11.1. The molecular weight excluding hydrogens is 641 g/mol. The number of anilines is 2. The molecule has 4 aromatic rings. The second-order valence-corrected chi connectivity index (χ2v) is 14.6. The zero-order valence-corrected chi connectivity index (χ0v) is 26.6. The summed E-state index contributed by atoms with van der Waals surface area (Å²) in [6, 6.07) is 20.5. The van der Waals surface area contributed by atoms with Gasteiger partial charge in [0, 0.05) is 39.4 Å². The number of para-hydroxylation sites is 2. The van der Waals surface area contributed by atoms with Crippen molar-refractivity contribution in [1.29, 1.82) is 0 Å². The number of non-ortho nitro benzene ring substituents is 1. The van der Waals surface area contributed by atoms with Crippen LogP contribution in [0, 0.1) is 46.6 Å². The van der Waals surface area contributed by atoms with Gasteiger partial charge in [-0.3, -0.25) is 34.2 Å². The van der Waals surface area contributed by atoms with Crippen LogP contribution in [0.3, 0.4) is 0 Å². The molecule has 2 saturated carbocycles. The molecule has 8 rings (SSSR count). The average molecular weight is 669 g/mol. The lowest BCUT2D eigenvalue weighted by Crippen LogP contribution is -2.42. The van der Waals surface area contributed by atoms with Gasteiger partial charge in [0.2, 0.25) is 11.8 Å². The molecule has 238 valence electrons. The van der Waals surface area contributed by atoms with Crippen LogP contribution in [0.2, 0.25) is 0 Å². The maximum absolute atomic E-state index is 14.0. The standard InChI is InChI=1S/C34H28N4O7S2/c1-16-6-2-4-8-22(16)35-24(39)15-45-23-9-5-3-7-19(23)25-26-20-14-21(29(26)46-31-30(25)47-34(42)36-31)28-27(20)32(40)37(33(28)41)17-10-12-18(13-11-17)38(43)44/h2-13,20-21,25-29H,14-15H2,1H3,(H,35,39)(H,36,42)/t20-,21-,25+,26-,27+,28+,29-/m1/s1. The van der Waals surface area contributed by atoms with Crippen LogP contribution in [0.5, 0.6) is 5.75 Å². The summed E-state index contributed by atoms with van der Waals surface area (Å²) in [7, 11) is 0. The molecule has 2 N–H and O–H groups in total. The second-order valence-electron chi connectivity index (χ2n) is 12.4. The normalized spacial score (nSPS) is 26.9. The highest BCUT2D eigenvalue weighted by Crippen LogP contribution is 2.69. The van der Waals surface area contributed by atoms with Gasteiger partial charge in [-0.25, -0.2) is 0 Å². The number of nitrogens with one attached hydrogen (secondary N) is 2. The first-order chi connectivity index (χ1) is 22.7. The number of aryl methyl sites for hydroxylation is 1. The number of ether oxygens (including phenoxy) is 1. The van der Waals surface area contributed by atoms with E-state index in [-0.39, 0.29) is 63.8 Å². The van der Waals surface area contributed by atoms with Gasteiger partial charge in [-0.2, -0.15) is 0 Å². The zero-order valence-electron chi connectivity index (χ0n) is 25.0. The van der Waals surface area contributed by atoms with E-state index in [9.17, 15) is 29.3 Å². The Hall–Kier alpha value is -4.75. The van der Waals surface area contributed by atoms with Crippen molar-refractivity contribution in [3.8, 4) is 5.75 Å². The van der Waals surface area contributed by atoms with Crippen LogP contribution in [0.25, 0.3) is 0 Å². The first kappa shape index (κ1) is 29.6. The molecule has 1 saturated heterocycles. The molecule has 0 radical (unpaired) electrons. The predicted molar refractivity (Wildman–Crippen MR) is 176 cm³/mol. The molecule has 3 fully saturated rings. The van der Waals surface area contributed by atoms with Gasteiger partial charge in [0.1, 0.15) is 5.75 Å². The van der Waals surface area contributed by atoms with Crippen molar-refractivity contribution in [2.75, 3.05) is 16.8 Å². The second kappa shape index (κ2) is 11.2. The van der Waals surface area contributed by atoms with Gasteiger partial charge in [-0.15, -0.1) is 11.8 Å². The molecule has 2 bridgehead atoms. The van der Waals surface area contributed by atoms with E-state index in [0.29, 0.717) is 23.5 Å². The minimum absolute atomic E-state index is 0.0324. The van der Waals surface area contributed by atoms with Gasteiger partial charge < -0.3 is 15.0 Å². The molecule has 11 nitrogen and oxygen atoms in total. The van der Waals surface area contributed by atoms with E-state index in [0.717, 1.165) is 32.4 Å². The zero-order chi connectivity index (χ0) is 32.6. The summed E-state index contributed by atoms with van der Waals surface area (Å²) >= 11 is 2.73. The Morgan fingerprint density at radius 3 is 2.45 bits per heavy atom. The number of nitro benzene ring substituents is 1. The Morgan fingerprint density at radius 1 is 1.00 bits per heavy atom. The molecule has 47 heavy (non-hydrogen) atoms. The maximum Gasteiger partial charge on any atom is 0.305 e. The van der Waals surface area contributed by atoms with Gasteiger partial charge in [0.15, 0.2) is 6.61 Å². The van der Waals surface area contributed by atoms with Crippen LogP contribution in [0.4, 0.5) is 17.1 Å². The summed E-state index contributed by atoms with van der Waals surface area (Å²) < 4.78 is 6.16. The third-order valence-corrected chi connectivity index (χ3v) is 12.7. The monoisotopic (exact) mass is 668 g/mol. The first-order valence-corrected chi connectivity index (χ1v) is 17.0. The van der Waals surface area contributed by atoms with E-state index in [2.05, 4.69) is 10.3 Å². The number of amides is 3. The molecule has 4 aliphatic rings. The van der Waals surface area contributed by atoms with E-state index < -0.39 is 16.8 Å². The van der Waals surface area contributed by atoms with Crippen molar-refractivity contribution in [2.45, 2.75) is 29.5 Å². The molecular formula is C34H28N4O7S2. The van der Waals surface area contributed by atoms with Crippen LogP contribution < -0.4 is 19.8 Å². The number of thiazole rings is 1. The third-order valence-electron chi connectivity index (χ3n) is 10.1. The molecule has 0 spiro atoms. The van der Waals surface area contributed by atoms with Crippen molar-refractivity contribution < 1.29 is 24.0 Å². The number of hydrogen-bond acceptors (Lipinski definition) is 9. The van der Waals surface area contributed by atoms with Crippen LogP contribution >= 0.6 is 23.1 Å². The lowest BCUT2D eigenvalue weighted by atomic mass is 9.68. The summed E-state index contributed by atoms with van der Waals surface area (Å²) in [4.78, 5) is 69.1. The Kier molecular flexibility index (Phi) is 7.06. The SMILES string of the molecule is Cc1ccccc1NC(=O)COc1ccccc1[C@@H]1c2sc(=O)[nH]c2S[C@@H]2[C@@H]3C[C@@H]([C@@H]4C(=O)N(c5ccc([N+](=O)[O-])cc5)C(=O)[C@@H]34)[C@H]12. The Bertz CT molecular complexity index is 2020. The minimum atomic E-state index is -0.530. The van der Waals surface area contributed by atoms with Crippen molar-refractivity contribution in [3.05, 3.63) is 109 Å². The van der Waals surface area contributed by atoms with E-state index in [1.807, 2.05) is 55.5 Å². The highest BCUT2D eigenvalue weighted by atomic mass is 32.2. The molecule has 13 heteroatoms. The van der Waals surface area contributed by atoms with Gasteiger partial charge in [-0.05, 0) is 60.9 Å². The summed E-state index contributed by atoms with van der Waals surface area (Å²) in [5, 5.41) is 14.8. The number of aromatic amines is 1. The van der Waals surface area contributed by atoms with Crippen molar-refractivity contribution >= 4 is 57.9 Å². The van der Waals surface area contributed by atoms with Crippen LogP contribution in [0.1, 0.15) is 28.3 Å². The van der Waals surface area contributed by atoms with Crippen molar-refractivity contribution in [2.24, 2.45) is 29.6 Å². The lowest BCUT2D eigenvalue weighted by Gasteiger charge is -2.43. The van der Waals surface area contributed by atoms with Crippen LogP contribution in [0.15, 0.2) is 82.6 Å². The first-order valence-electron chi connectivity index (χ1n) is 15.3. The predicted octanol–water partition coefficient (Wildman–Crippen LogP) is 5.35. The minimum Gasteiger partial charge on any atom is -0.483 e.